The number of hydrogen-bond acceptors (Lipinski definition) is 3. The van der Waals surface area contributed by atoms with Crippen molar-refractivity contribution in [3.63, 3.8) is 0 Å². The predicted octanol–water partition coefficient (Wildman–Crippen LogP) is 2.13. The van der Waals surface area contributed by atoms with Crippen molar-refractivity contribution >= 4 is 23.2 Å². The Kier molecular flexibility index (Phi) is 4.58. The van der Waals surface area contributed by atoms with E-state index in [9.17, 15) is 4.79 Å². The van der Waals surface area contributed by atoms with Crippen LogP contribution in [0.25, 0.3) is 0 Å². The van der Waals surface area contributed by atoms with Crippen molar-refractivity contribution in [1.29, 1.82) is 0 Å². The van der Waals surface area contributed by atoms with Crippen molar-refractivity contribution in [1.82, 2.24) is 4.90 Å². The van der Waals surface area contributed by atoms with Crippen LogP contribution >= 0.6 is 11.6 Å². The summed E-state index contributed by atoms with van der Waals surface area (Å²) in [6.45, 7) is 5.73. The Hall–Kier alpha value is -1.10. The fourth-order valence-corrected chi connectivity index (χ4v) is 2.20. The van der Waals surface area contributed by atoms with Gasteiger partial charge in [-0.3, -0.25) is 9.69 Å². The van der Waals surface area contributed by atoms with Crippen LogP contribution in [-0.2, 0) is 16.1 Å². The Labute approximate surface area is 112 Å². The van der Waals surface area contributed by atoms with Crippen LogP contribution in [0.4, 0.5) is 5.69 Å². The first kappa shape index (κ1) is 13.3. The lowest BCUT2D eigenvalue weighted by atomic mass is 10.2. The van der Waals surface area contributed by atoms with Gasteiger partial charge < -0.3 is 10.1 Å². The average molecular weight is 269 g/mol. The zero-order valence-electron chi connectivity index (χ0n) is 10.4. The van der Waals surface area contributed by atoms with Crippen LogP contribution < -0.4 is 5.32 Å². The van der Waals surface area contributed by atoms with Gasteiger partial charge in [0.15, 0.2) is 0 Å². The normalized spacial score (nSPS) is 16.6. The van der Waals surface area contributed by atoms with Gasteiger partial charge in [-0.1, -0.05) is 17.7 Å². The molecule has 1 aromatic carbocycles. The molecule has 4 nitrogen and oxygen atoms in total. The van der Waals surface area contributed by atoms with Gasteiger partial charge >= 0.3 is 0 Å². The summed E-state index contributed by atoms with van der Waals surface area (Å²) in [7, 11) is 0. The van der Waals surface area contributed by atoms with E-state index in [0.717, 1.165) is 44.1 Å². The molecule has 0 aromatic heterocycles. The Bertz CT molecular complexity index is 431. The van der Waals surface area contributed by atoms with E-state index in [0.29, 0.717) is 5.02 Å². The Morgan fingerprint density at radius 1 is 1.44 bits per heavy atom. The molecule has 0 spiro atoms. The zero-order chi connectivity index (χ0) is 13.0. The molecule has 18 heavy (non-hydrogen) atoms. The molecular formula is C13H17ClN2O2. The number of nitrogens with one attached hydrogen (secondary N) is 1. The number of morpholine rings is 1. The maximum Gasteiger partial charge on any atom is 0.221 e. The van der Waals surface area contributed by atoms with Crippen molar-refractivity contribution in [3.05, 3.63) is 28.8 Å². The number of anilines is 1. The van der Waals surface area contributed by atoms with E-state index in [4.69, 9.17) is 16.3 Å². The molecule has 1 N–H and O–H groups in total. The Morgan fingerprint density at radius 2 is 2.17 bits per heavy atom. The predicted molar refractivity (Wildman–Crippen MR) is 71.9 cm³/mol. The van der Waals surface area contributed by atoms with Crippen molar-refractivity contribution < 1.29 is 9.53 Å². The second-order valence-electron chi connectivity index (χ2n) is 4.38. The molecule has 1 aliphatic rings. The van der Waals surface area contributed by atoms with Gasteiger partial charge in [0.2, 0.25) is 5.91 Å². The highest BCUT2D eigenvalue weighted by atomic mass is 35.5. The molecule has 0 radical (unpaired) electrons. The molecule has 0 bridgehead atoms. The minimum atomic E-state index is -0.0907. The number of carbonyl (C=O) groups is 1. The number of benzene rings is 1. The summed E-state index contributed by atoms with van der Waals surface area (Å²) in [6, 6.07) is 5.63. The van der Waals surface area contributed by atoms with Crippen molar-refractivity contribution in [2.75, 3.05) is 31.6 Å². The lowest BCUT2D eigenvalue weighted by Gasteiger charge is -2.27. The molecule has 98 valence electrons. The monoisotopic (exact) mass is 268 g/mol. The van der Waals surface area contributed by atoms with Crippen molar-refractivity contribution in [3.8, 4) is 0 Å². The summed E-state index contributed by atoms with van der Waals surface area (Å²) < 4.78 is 5.31. The van der Waals surface area contributed by atoms with E-state index in [-0.39, 0.29) is 5.91 Å². The molecule has 1 fully saturated rings. The molecule has 5 heteroatoms. The Morgan fingerprint density at radius 3 is 2.78 bits per heavy atom. The second kappa shape index (κ2) is 6.18. The average Bonchev–Trinajstić information content (AvgIpc) is 2.33. The molecule has 1 amide bonds. The van der Waals surface area contributed by atoms with Gasteiger partial charge in [-0.15, -0.1) is 0 Å². The van der Waals surface area contributed by atoms with Gasteiger partial charge in [0, 0.05) is 37.3 Å². The molecule has 1 aromatic rings. The quantitative estimate of drug-likeness (QED) is 0.913. The number of halogens is 1. The largest absolute Gasteiger partial charge is 0.379 e. The standard InChI is InChI=1S/C13H17ClN2O2/c1-10(17)15-12-3-2-11(13(14)8-12)9-16-4-6-18-7-5-16/h2-3,8H,4-7,9H2,1H3,(H,15,17). The fraction of sp³-hybridized carbons (Fsp3) is 0.462. The summed E-state index contributed by atoms with van der Waals surface area (Å²) in [5, 5.41) is 3.41. The first-order valence-corrected chi connectivity index (χ1v) is 6.39. The first-order chi connectivity index (χ1) is 8.65. The van der Waals surface area contributed by atoms with Gasteiger partial charge in [-0.05, 0) is 17.7 Å². The lowest BCUT2D eigenvalue weighted by Crippen LogP contribution is -2.35. The van der Waals surface area contributed by atoms with Gasteiger partial charge in [-0.25, -0.2) is 0 Å². The minimum absolute atomic E-state index is 0.0907. The maximum absolute atomic E-state index is 10.9. The zero-order valence-corrected chi connectivity index (χ0v) is 11.2. The lowest BCUT2D eigenvalue weighted by molar-refractivity contribution is -0.114. The topological polar surface area (TPSA) is 41.6 Å². The molecule has 0 saturated carbocycles. The van der Waals surface area contributed by atoms with Gasteiger partial charge in [-0.2, -0.15) is 0 Å². The molecule has 2 rings (SSSR count). The summed E-state index contributed by atoms with van der Waals surface area (Å²) in [5.74, 6) is -0.0907. The van der Waals surface area contributed by atoms with Crippen LogP contribution in [0.1, 0.15) is 12.5 Å². The van der Waals surface area contributed by atoms with Crippen LogP contribution in [0.15, 0.2) is 18.2 Å². The van der Waals surface area contributed by atoms with E-state index in [1.165, 1.54) is 6.92 Å². The number of nitrogens with zero attached hydrogens (tertiary/aromatic N) is 1. The van der Waals surface area contributed by atoms with Crippen LogP contribution in [0.2, 0.25) is 5.02 Å². The molecule has 1 heterocycles. The smallest absolute Gasteiger partial charge is 0.221 e. The SMILES string of the molecule is CC(=O)Nc1ccc(CN2CCOCC2)c(Cl)c1. The highest BCUT2D eigenvalue weighted by Crippen LogP contribution is 2.22. The second-order valence-corrected chi connectivity index (χ2v) is 4.78. The Balaban J connectivity index is 2.02. The van der Waals surface area contributed by atoms with Gasteiger partial charge in [0.1, 0.15) is 0 Å². The number of ether oxygens (including phenoxy) is 1. The summed E-state index contributed by atoms with van der Waals surface area (Å²) in [5.41, 5.74) is 1.81. The molecule has 1 aliphatic heterocycles. The number of amides is 1. The van der Waals surface area contributed by atoms with Crippen molar-refractivity contribution in [2.45, 2.75) is 13.5 Å². The molecule has 0 unspecified atom stereocenters. The number of hydrogen-bond donors (Lipinski definition) is 1. The molecular weight excluding hydrogens is 252 g/mol. The van der Waals surface area contributed by atoms with Crippen LogP contribution in [0.5, 0.6) is 0 Å². The summed E-state index contributed by atoms with van der Waals surface area (Å²) in [4.78, 5) is 13.3. The fourth-order valence-electron chi connectivity index (χ4n) is 1.96. The van der Waals surface area contributed by atoms with Gasteiger partial charge in [0.05, 0.1) is 13.2 Å². The van der Waals surface area contributed by atoms with E-state index in [1.807, 2.05) is 12.1 Å². The third kappa shape index (κ3) is 3.70. The van der Waals surface area contributed by atoms with Crippen LogP contribution in [0.3, 0.4) is 0 Å². The van der Waals surface area contributed by atoms with Crippen LogP contribution in [-0.4, -0.2) is 37.1 Å². The third-order valence-electron chi connectivity index (χ3n) is 2.87. The first-order valence-electron chi connectivity index (χ1n) is 6.01. The van der Waals surface area contributed by atoms with E-state index in [1.54, 1.807) is 6.07 Å². The summed E-state index contributed by atoms with van der Waals surface area (Å²) in [6.07, 6.45) is 0. The minimum Gasteiger partial charge on any atom is -0.379 e. The van der Waals surface area contributed by atoms with E-state index >= 15 is 0 Å². The number of carbonyl (C=O) groups excluding carboxylic acids is 1. The highest BCUT2D eigenvalue weighted by Gasteiger charge is 2.12. The maximum atomic E-state index is 10.9. The molecule has 0 aliphatic carbocycles. The third-order valence-corrected chi connectivity index (χ3v) is 3.22. The van der Waals surface area contributed by atoms with Crippen molar-refractivity contribution in [2.24, 2.45) is 0 Å². The van der Waals surface area contributed by atoms with Crippen LogP contribution in [0, 0.1) is 0 Å². The molecule has 0 atom stereocenters. The van der Waals surface area contributed by atoms with E-state index in [2.05, 4.69) is 10.2 Å². The number of rotatable bonds is 3. The van der Waals surface area contributed by atoms with E-state index < -0.39 is 0 Å². The van der Waals surface area contributed by atoms with Gasteiger partial charge in [0.25, 0.3) is 0 Å². The molecule has 1 saturated heterocycles. The summed E-state index contributed by atoms with van der Waals surface area (Å²) >= 11 is 6.22. The highest BCUT2D eigenvalue weighted by molar-refractivity contribution is 6.31.